The summed E-state index contributed by atoms with van der Waals surface area (Å²) in [5, 5.41) is 2.97. The average Bonchev–Trinajstić information content (AvgIpc) is 2.26. The molecule has 4 nitrogen and oxygen atoms in total. The van der Waals surface area contributed by atoms with Gasteiger partial charge in [0.05, 0.1) is 6.04 Å². The number of hydrogen-bond acceptors (Lipinski definition) is 3. The number of rotatable bonds is 8. The van der Waals surface area contributed by atoms with Crippen LogP contribution in [-0.4, -0.2) is 42.5 Å². The van der Waals surface area contributed by atoms with Gasteiger partial charge in [-0.15, -0.1) is 0 Å². The number of nitrogens with one attached hydrogen (secondary N) is 1. The lowest BCUT2D eigenvalue weighted by atomic mass is 9.92. The van der Waals surface area contributed by atoms with E-state index in [9.17, 15) is 4.79 Å². The summed E-state index contributed by atoms with van der Waals surface area (Å²) in [6.45, 7) is 14.8. The molecular formula is C14H31N3O. The number of carbonyl (C=O) groups excluding carboxylic acids is 1. The van der Waals surface area contributed by atoms with Crippen LogP contribution < -0.4 is 11.1 Å². The van der Waals surface area contributed by atoms with E-state index in [0.29, 0.717) is 6.54 Å². The number of carbonyl (C=O) groups is 1. The first-order valence-electron chi connectivity index (χ1n) is 6.98. The third-order valence-electron chi connectivity index (χ3n) is 3.05. The van der Waals surface area contributed by atoms with E-state index < -0.39 is 0 Å². The Labute approximate surface area is 112 Å². The first-order valence-corrected chi connectivity index (χ1v) is 6.98. The van der Waals surface area contributed by atoms with Crippen LogP contribution in [0.1, 0.15) is 48.0 Å². The molecule has 1 amide bonds. The van der Waals surface area contributed by atoms with Crippen LogP contribution in [0.4, 0.5) is 0 Å². The van der Waals surface area contributed by atoms with Crippen LogP contribution in [0.15, 0.2) is 0 Å². The Bertz CT molecular complexity index is 251. The number of hydrogen-bond donors (Lipinski definition) is 2. The minimum atomic E-state index is -0.0989. The zero-order valence-corrected chi connectivity index (χ0v) is 12.9. The third kappa shape index (κ3) is 6.36. The van der Waals surface area contributed by atoms with Crippen molar-refractivity contribution in [3.8, 4) is 0 Å². The third-order valence-corrected chi connectivity index (χ3v) is 3.05. The number of nitrogens with zero attached hydrogens (tertiary/aromatic N) is 1. The highest BCUT2D eigenvalue weighted by atomic mass is 16.2. The van der Waals surface area contributed by atoms with Gasteiger partial charge in [-0.2, -0.15) is 0 Å². The van der Waals surface area contributed by atoms with Crippen LogP contribution >= 0.6 is 0 Å². The predicted octanol–water partition coefficient (Wildman–Crippen LogP) is 1.60. The van der Waals surface area contributed by atoms with Gasteiger partial charge in [-0.3, -0.25) is 9.69 Å². The Balaban J connectivity index is 4.62. The molecule has 0 aromatic heterocycles. The molecule has 0 aromatic rings. The first-order chi connectivity index (χ1) is 8.23. The Hall–Kier alpha value is -0.610. The van der Waals surface area contributed by atoms with Crippen molar-refractivity contribution in [1.29, 1.82) is 0 Å². The van der Waals surface area contributed by atoms with E-state index in [1.165, 1.54) is 0 Å². The highest BCUT2D eigenvalue weighted by Gasteiger charge is 2.26. The van der Waals surface area contributed by atoms with Crippen molar-refractivity contribution in [2.75, 3.05) is 19.6 Å². The van der Waals surface area contributed by atoms with Crippen molar-refractivity contribution in [3.05, 3.63) is 0 Å². The fourth-order valence-corrected chi connectivity index (χ4v) is 1.88. The molecule has 4 heteroatoms. The van der Waals surface area contributed by atoms with E-state index in [1.807, 2.05) is 20.8 Å². The van der Waals surface area contributed by atoms with Crippen LogP contribution in [0.3, 0.4) is 0 Å². The van der Waals surface area contributed by atoms with E-state index in [-0.39, 0.29) is 23.4 Å². The summed E-state index contributed by atoms with van der Waals surface area (Å²) in [7, 11) is 0. The molecule has 1 atom stereocenters. The van der Waals surface area contributed by atoms with Crippen LogP contribution in [0.5, 0.6) is 0 Å². The molecule has 0 aliphatic rings. The zero-order chi connectivity index (χ0) is 14.3. The molecule has 0 bridgehead atoms. The Morgan fingerprint density at radius 3 is 2.28 bits per heavy atom. The molecule has 0 radical (unpaired) electrons. The van der Waals surface area contributed by atoms with Gasteiger partial charge in [-0.05, 0) is 45.7 Å². The van der Waals surface area contributed by atoms with E-state index in [1.54, 1.807) is 0 Å². The van der Waals surface area contributed by atoms with Crippen molar-refractivity contribution in [1.82, 2.24) is 10.2 Å². The Morgan fingerprint density at radius 1 is 1.33 bits per heavy atom. The molecule has 1 unspecified atom stereocenters. The standard InChI is InChI=1S/C14H31N3O/c1-7-8-17(10-14(5,6)9-15)12(4)13(18)16-11(2)3/h11-12H,7-10,15H2,1-6H3,(H,16,18). The highest BCUT2D eigenvalue weighted by molar-refractivity contribution is 5.81. The summed E-state index contributed by atoms with van der Waals surface area (Å²) in [6.07, 6.45) is 1.04. The molecule has 0 saturated heterocycles. The second-order valence-corrected chi connectivity index (χ2v) is 6.18. The van der Waals surface area contributed by atoms with E-state index >= 15 is 0 Å². The van der Waals surface area contributed by atoms with Gasteiger partial charge < -0.3 is 11.1 Å². The molecule has 0 aliphatic heterocycles. The fraction of sp³-hybridized carbons (Fsp3) is 0.929. The van der Waals surface area contributed by atoms with Gasteiger partial charge in [0.1, 0.15) is 0 Å². The topological polar surface area (TPSA) is 58.4 Å². The molecule has 0 fully saturated rings. The Kier molecular flexibility index (Phi) is 7.48. The molecule has 0 aliphatic carbocycles. The van der Waals surface area contributed by atoms with Crippen LogP contribution in [0.2, 0.25) is 0 Å². The van der Waals surface area contributed by atoms with Crippen LogP contribution in [0.25, 0.3) is 0 Å². The van der Waals surface area contributed by atoms with E-state index in [2.05, 4.69) is 31.0 Å². The number of nitrogens with two attached hydrogens (primary N) is 1. The molecule has 0 heterocycles. The van der Waals surface area contributed by atoms with Crippen molar-refractivity contribution >= 4 is 5.91 Å². The average molecular weight is 257 g/mol. The van der Waals surface area contributed by atoms with Gasteiger partial charge in [-0.1, -0.05) is 20.8 Å². The largest absolute Gasteiger partial charge is 0.353 e. The maximum absolute atomic E-state index is 12.1. The highest BCUT2D eigenvalue weighted by Crippen LogP contribution is 2.17. The van der Waals surface area contributed by atoms with E-state index in [4.69, 9.17) is 5.73 Å². The zero-order valence-electron chi connectivity index (χ0n) is 12.9. The molecular weight excluding hydrogens is 226 g/mol. The maximum Gasteiger partial charge on any atom is 0.237 e. The summed E-state index contributed by atoms with van der Waals surface area (Å²) in [4.78, 5) is 14.3. The smallest absolute Gasteiger partial charge is 0.237 e. The van der Waals surface area contributed by atoms with Crippen LogP contribution in [-0.2, 0) is 4.79 Å². The molecule has 18 heavy (non-hydrogen) atoms. The maximum atomic E-state index is 12.1. The molecule has 0 spiro atoms. The SMILES string of the molecule is CCCN(CC(C)(C)CN)C(C)C(=O)NC(C)C. The van der Waals surface area contributed by atoms with Crippen molar-refractivity contribution < 1.29 is 4.79 Å². The summed E-state index contributed by atoms with van der Waals surface area (Å²) < 4.78 is 0. The van der Waals surface area contributed by atoms with Gasteiger partial charge in [0.25, 0.3) is 0 Å². The minimum absolute atomic E-state index is 0.0432. The summed E-state index contributed by atoms with van der Waals surface area (Å²) in [5.41, 5.74) is 5.82. The lowest BCUT2D eigenvalue weighted by molar-refractivity contribution is -0.126. The molecule has 108 valence electrons. The first kappa shape index (κ1) is 17.4. The van der Waals surface area contributed by atoms with Crippen molar-refractivity contribution in [2.24, 2.45) is 11.1 Å². The second-order valence-electron chi connectivity index (χ2n) is 6.18. The molecule has 0 saturated carbocycles. The predicted molar refractivity (Wildman–Crippen MR) is 77.4 cm³/mol. The van der Waals surface area contributed by atoms with Crippen LogP contribution in [0, 0.1) is 5.41 Å². The minimum Gasteiger partial charge on any atom is -0.353 e. The summed E-state index contributed by atoms with van der Waals surface area (Å²) >= 11 is 0. The fourth-order valence-electron chi connectivity index (χ4n) is 1.88. The summed E-state index contributed by atoms with van der Waals surface area (Å²) in [5.74, 6) is 0.103. The summed E-state index contributed by atoms with van der Waals surface area (Å²) in [6, 6.07) is 0.0871. The molecule has 0 rings (SSSR count). The van der Waals surface area contributed by atoms with Crippen molar-refractivity contribution in [2.45, 2.75) is 60.0 Å². The second kappa shape index (κ2) is 7.74. The van der Waals surface area contributed by atoms with Gasteiger partial charge in [0, 0.05) is 12.6 Å². The molecule has 3 N–H and O–H groups in total. The Morgan fingerprint density at radius 2 is 1.89 bits per heavy atom. The lowest BCUT2D eigenvalue weighted by Gasteiger charge is -2.35. The normalized spacial score (nSPS) is 14.1. The van der Waals surface area contributed by atoms with Gasteiger partial charge in [-0.25, -0.2) is 0 Å². The van der Waals surface area contributed by atoms with Gasteiger partial charge in [0.15, 0.2) is 0 Å². The quantitative estimate of drug-likeness (QED) is 0.694. The van der Waals surface area contributed by atoms with E-state index in [0.717, 1.165) is 19.5 Å². The van der Waals surface area contributed by atoms with Gasteiger partial charge in [0.2, 0.25) is 5.91 Å². The van der Waals surface area contributed by atoms with Gasteiger partial charge >= 0.3 is 0 Å². The van der Waals surface area contributed by atoms with Crippen molar-refractivity contribution in [3.63, 3.8) is 0 Å². The molecule has 0 aromatic carbocycles. The monoisotopic (exact) mass is 257 g/mol. The lowest BCUT2D eigenvalue weighted by Crippen LogP contribution is -2.51. The number of amides is 1.